The Hall–Kier alpha value is 0.0900. The van der Waals surface area contributed by atoms with Crippen molar-refractivity contribution >= 4 is 59.4 Å². The SMILES string of the molecule is CC(C)C(N)CC(=O)Nc1c(Br)cc(Br)cc1Br. The summed E-state index contributed by atoms with van der Waals surface area (Å²) in [7, 11) is 0. The molecule has 0 spiro atoms. The smallest absolute Gasteiger partial charge is 0.226 e. The number of halogens is 3. The van der Waals surface area contributed by atoms with Crippen molar-refractivity contribution in [1.29, 1.82) is 0 Å². The van der Waals surface area contributed by atoms with Crippen molar-refractivity contribution in [2.24, 2.45) is 11.7 Å². The molecule has 0 bridgehead atoms. The molecule has 100 valence electrons. The maximum atomic E-state index is 11.9. The average molecular weight is 443 g/mol. The largest absolute Gasteiger partial charge is 0.327 e. The first-order valence-electron chi connectivity index (χ1n) is 5.51. The van der Waals surface area contributed by atoms with E-state index >= 15 is 0 Å². The van der Waals surface area contributed by atoms with Crippen LogP contribution in [0.4, 0.5) is 5.69 Å². The highest BCUT2D eigenvalue weighted by molar-refractivity contribution is 9.11. The first kappa shape index (κ1) is 16.1. The van der Waals surface area contributed by atoms with Crippen LogP contribution in [0.15, 0.2) is 25.6 Å². The summed E-state index contributed by atoms with van der Waals surface area (Å²) >= 11 is 10.2. The van der Waals surface area contributed by atoms with Crippen LogP contribution in [-0.4, -0.2) is 11.9 Å². The van der Waals surface area contributed by atoms with Crippen LogP contribution in [0.3, 0.4) is 0 Å². The van der Waals surface area contributed by atoms with Crippen LogP contribution in [0.25, 0.3) is 0 Å². The maximum absolute atomic E-state index is 11.9. The Labute approximate surface area is 132 Å². The first-order chi connectivity index (χ1) is 8.31. The topological polar surface area (TPSA) is 55.1 Å². The predicted molar refractivity (Wildman–Crippen MR) is 85.6 cm³/mol. The van der Waals surface area contributed by atoms with Crippen molar-refractivity contribution in [2.45, 2.75) is 26.3 Å². The van der Waals surface area contributed by atoms with E-state index in [-0.39, 0.29) is 17.9 Å². The van der Waals surface area contributed by atoms with Crippen molar-refractivity contribution in [2.75, 3.05) is 5.32 Å². The molecule has 3 nitrogen and oxygen atoms in total. The molecule has 1 rings (SSSR count). The number of nitrogens with one attached hydrogen (secondary N) is 1. The number of anilines is 1. The molecule has 0 saturated heterocycles. The lowest BCUT2D eigenvalue weighted by Crippen LogP contribution is -2.31. The Morgan fingerprint density at radius 3 is 2.22 bits per heavy atom. The molecule has 0 aliphatic carbocycles. The van der Waals surface area contributed by atoms with E-state index in [0.717, 1.165) is 19.1 Å². The highest BCUT2D eigenvalue weighted by Crippen LogP contribution is 2.34. The Kier molecular flexibility index (Phi) is 6.30. The molecule has 0 radical (unpaired) electrons. The van der Waals surface area contributed by atoms with Gasteiger partial charge >= 0.3 is 0 Å². The zero-order valence-electron chi connectivity index (χ0n) is 10.1. The summed E-state index contributed by atoms with van der Waals surface area (Å²) in [5.41, 5.74) is 6.60. The zero-order valence-corrected chi connectivity index (χ0v) is 14.9. The fourth-order valence-corrected chi connectivity index (χ4v) is 3.76. The fourth-order valence-electron chi connectivity index (χ4n) is 1.30. The molecule has 1 unspecified atom stereocenters. The van der Waals surface area contributed by atoms with Crippen LogP contribution < -0.4 is 11.1 Å². The highest BCUT2D eigenvalue weighted by atomic mass is 79.9. The van der Waals surface area contributed by atoms with Gasteiger partial charge in [-0.2, -0.15) is 0 Å². The number of hydrogen-bond acceptors (Lipinski definition) is 2. The lowest BCUT2D eigenvalue weighted by molar-refractivity contribution is -0.116. The Balaban J connectivity index is 2.77. The fraction of sp³-hybridized carbons (Fsp3) is 0.417. The van der Waals surface area contributed by atoms with Gasteiger partial charge in [-0.3, -0.25) is 4.79 Å². The van der Waals surface area contributed by atoms with Crippen LogP contribution in [0.5, 0.6) is 0 Å². The minimum absolute atomic E-state index is 0.0834. The Morgan fingerprint density at radius 1 is 1.28 bits per heavy atom. The second-order valence-electron chi connectivity index (χ2n) is 4.40. The second-order valence-corrected chi connectivity index (χ2v) is 7.03. The van der Waals surface area contributed by atoms with Gasteiger partial charge < -0.3 is 11.1 Å². The number of benzene rings is 1. The molecule has 0 heterocycles. The normalized spacial score (nSPS) is 12.6. The number of carbonyl (C=O) groups excluding carboxylic acids is 1. The third kappa shape index (κ3) is 4.64. The summed E-state index contributed by atoms with van der Waals surface area (Å²) in [6.07, 6.45) is 0.312. The van der Waals surface area contributed by atoms with Crippen molar-refractivity contribution in [1.82, 2.24) is 0 Å². The molecule has 0 saturated carbocycles. The van der Waals surface area contributed by atoms with E-state index < -0.39 is 0 Å². The second kappa shape index (κ2) is 7.03. The minimum Gasteiger partial charge on any atom is -0.327 e. The van der Waals surface area contributed by atoms with E-state index in [9.17, 15) is 4.79 Å². The lowest BCUT2D eigenvalue weighted by atomic mass is 10.0. The quantitative estimate of drug-likeness (QED) is 0.731. The Bertz CT molecular complexity index is 426. The van der Waals surface area contributed by atoms with Gasteiger partial charge in [-0.15, -0.1) is 0 Å². The van der Waals surface area contributed by atoms with Gasteiger partial charge in [0, 0.05) is 25.9 Å². The highest BCUT2D eigenvalue weighted by Gasteiger charge is 2.15. The van der Waals surface area contributed by atoms with Crippen LogP contribution in [-0.2, 0) is 4.79 Å². The van der Waals surface area contributed by atoms with Gasteiger partial charge in [0.05, 0.1) is 5.69 Å². The molecule has 6 heteroatoms. The summed E-state index contributed by atoms with van der Waals surface area (Å²) in [5, 5.41) is 2.86. The molecule has 0 aliphatic heterocycles. The maximum Gasteiger partial charge on any atom is 0.226 e. The van der Waals surface area contributed by atoms with Crippen LogP contribution in [0.1, 0.15) is 20.3 Å². The van der Waals surface area contributed by atoms with Crippen LogP contribution in [0.2, 0.25) is 0 Å². The van der Waals surface area contributed by atoms with Gasteiger partial charge in [0.2, 0.25) is 5.91 Å². The van der Waals surface area contributed by atoms with Gasteiger partial charge in [0.25, 0.3) is 0 Å². The van der Waals surface area contributed by atoms with Gasteiger partial charge in [-0.1, -0.05) is 29.8 Å². The molecule has 0 aliphatic rings. The van der Waals surface area contributed by atoms with Gasteiger partial charge in [0.1, 0.15) is 0 Å². The Morgan fingerprint density at radius 2 is 1.78 bits per heavy atom. The van der Waals surface area contributed by atoms with E-state index in [4.69, 9.17) is 5.73 Å². The predicted octanol–water partition coefficient (Wildman–Crippen LogP) is 4.29. The molecule has 3 N–H and O–H groups in total. The van der Waals surface area contributed by atoms with E-state index in [1.54, 1.807) is 0 Å². The molecule has 1 amide bonds. The minimum atomic E-state index is -0.127. The third-order valence-electron chi connectivity index (χ3n) is 2.55. The van der Waals surface area contributed by atoms with Crippen molar-refractivity contribution in [3.05, 3.63) is 25.6 Å². The summed E-state index contributed by atoms with van der Waals surface area (Å²) in [6.45, 7) is 4.01. The summed E-state index contributed by atoms with van der Waals surface area (Å²) in [6, 6.07) is 3.63. The van der Waals surface area contributed by atoms with E-state index in [2.05, 4.69) is 53.1 Å². The summed E-state index contributed by atoms with van der Waals surface area (Å²) in [5.74, 6) is 0.201. The van der Waals surface area contributed by atoms with E-state index in [0.29, 0.717) is 6.42 Å². The molecule has 18 heavy (non-hydrogen) atoms. The summed E-state index contributed by atoms with van der Waals surface area (Å²) in [4.78, 5) is 11.9. The number of carbonyl (C=O) groups is 1. The monoisotopic (exact) mass is 440 g/mol. The first-order valence-corrected chi connectivity index (χ1v) is 7.89. The van der Waals surface area contributed by atoms with E-state index in [1.807, 2.05) is 26.0 Å². The van der Waals surface area contributed by atoms with Gasteiger partial charge in [0.15, 0.2) is 0 Å². The van der Waals surface area contributed by atoms with Crippen LogP contribution >= 0.6 is 47.8 Å². The molecule has 0 aromatic heterocycles. The molecule has 0 fully saturated rings. The van der Waals surface area contributed by atoms with Crippen molar-refractivity contribution < 1.29 is 4.79 Å². The van der Waals surface area contributed by atoms with E-state index in [1.165, 1.54) is 0 Å². The van der Waals surface area contributed by atoms with Crippen LogP contribution in [0, 0.1) is 5.92 Å². The number of rotatable bonds is 4. The number of nitrogens with two attached hydrogens (primary N) is 1. The molecule has 1 aromatic rings. The molecule has 1 aromatic carbocycles. The summed E-state index contributed by atoms with van der Waals surface area (Å²) < 4.78 is 2.56. The standard InChI is InChI=1S/C12H15Br3N2O/c1-6(2)10(16)5-11(18)17-12-8(14)3-7(13)4-9(12)15/h3-4,6,10H,5,16H2,1-2H3,(H,17,18). The molecular formula is C12H15Br3N2O. The zero-order chi connectivity index (χ0) is 13.9. The van der Waals surface area contributed by atoms with Gasteiger partial charge in [-0.05, 0) is 49.9 Å². The van der Waals surface area contributed by atoms with Gasteiger partial charge in [-0.25, -0.2) is 0 Å². The average Bonchev–Trinajstić information content (AvgIpc) is 2.23. The number of amides is 1. The third-order valence-corrected chi connectivity index (χ3v) is 4.26. The van der Waals surface area contributed by atoms with Crippen molar-refractivity contribution in [3.63, 3.8) is 0 Å². The number of hydrogen-bond donors (Lipinski definition) is 2. The molecule has 1 atom stereocenters. The van der Waals surface area contributed by atoms with Crippen molar-refractivity contribution in [3.8, 4) is 0 Å². The molecular weight excluding hydrogens is 428 g/mol. The lowest BCUT2D eigenvalue weighted by Gasteiger charge is -2.16.